The summed E-state index contributed by atoms with van der Waals surface area (Å²) >= 11 is 0. The summed E-state index contributed by atoms with van der Waals surface area (Å²) in [7, 11) is 0. The summed E-state index contributed by atoms with van der Waals surface area (Å²) in [6.45, 7) is 16.1. The quantitative estimate of drug-likeness (QED) is 0.230. The number of hydrogen-bond donors (Lipinski definition) is 3. The van der Waals surface area contributed by atoms with Crippen molar-refractivity contribution in [3.05, 3.63) is 23.8 Å². The van der Waals surface area contributed by atoms with Crippen molar-refractivity contribution in [1.82, 2.24) is 10.2 Å². The fourth-order valence-electron chi connectivity index (χ4n) is 5.95. The summed E-state index contributed by atoms with van der Waals surface area (Å²) < 4.78 is 17.1. The first-order chi connectivity index (χ1) is 21.1. The number of piperidine rings is 1. The van der Waals surface area contributed by atoms with Gasteiger partial charge in [-0.3, -0.25) is 9.59 Å². The molecule has 1 heterocycles. The van der Waals surface area contributed by atoms with Gasteiger partial charge >= 0.3 is 18.0 Å². The number of nitrogens with one attached hydrogen (secondary N) is 1. The van der Waals surface area contributed by atoms with Crippen LogP contribution >= 0.6 is 0 Å². The van der Waals surface area contributed by atoms with E-state index in [1.54, 1.807) is 46.4 Å². The molecular weight excluding hydrogens is 596 g/mol. The molecular formula is C34H52N2O10. The topological polar surface area (TPSA) is 169 Å². The number of carbonyl (C=O) groups is 5. The van der Waals surface area contributed by atoms with Crippen LogP contribution in [0.1, 0.15) is 105 Å². The largest absolute Gasteiger partial charge is 0.479 e. The molecule has 0 unspecified atom stereocenters. The van der Waals surface area contributed by atoms with Gasteiger partial charge in [0.2, 0.25) is 11.5 Å². The highest BCUT2D eigenvalue weighted by Gasteiger charge is 2.60. The maximum absolute atomic E-state index is 13.0. The summed E-state index contributed by atoms with van der Waals surface area (Å²) in [6, 6.07) is 4.11. The monoisotopic (exact) mass is 648 g/mol. The Morgan fingerprint density at radius 1 is 0.891 bits per heavy atom. The fourth-order valence-corrected chi connectivity index (χ4v) is 5.95. The van der Waals surface area contributed by atoms with Crippen LogP contribution in [0.4, 0.5) is 4.79 Å². The molecule has 0 spiro atoms. The molecule has 0 saturated carbocycles. The summed E-state index contributed by atoms with van der Waals surface area (Å²) in [5.74, 6) is -2.91. The third-order valence-electron chi connectivity index (χ3n) is 8.02. The Morgan fingerprint density at radius 2 is 1.48 bits per heavy atom. The smallest absolute Gasteiger partial charge is 0.410 e. The van der Waals surface area contributed by atoms with Crippen molar-refractivity contribution in [3.8, 4) is 11.5 Å². The molecule has 0 radical (unpaired) electrons. The zero-order valence-electron chi connectivity index (χ0n) is 28.8. The number of carboxylic acids is 2. The Kier molecular flexibility index (Phi) is 12.7. The van der Waals surface area contributed by atoms with Gasteiger partial charge in [0.1, 0.15) is 5.60 Å². The molecule has 0 bridgehead atoms. The van der Waals surface area contributed by atoms with E-state index in [1.165, 1.54) is 18.2 Å². The van der Waals surface area contributed by atoms with Gasteiger partial charge in [0, 0.05) is 35.9 Å². The van der Waals surface area contributed by atoms with Crippen LogP contribution < -0.4 is 14.8 Å². The van der Waals surface area contributed by atoms with Gasteiger partial charge < -0.3 is 34.6 Å². The predicted molar refractivity (Wildman–Crippen MR) is 171 cm³/mol. The second-order valence-electron chi connectivity index (χ2n) is 14.9. The molecule has 0 aliphatic carbocycles. The standard InChI is InChI=1S/C34H52N2O10/c1-31(2,3)34(29(41)42,32(4,5)6)45-25-14-13-23(19-26(25)44-21-28(39)40)24(37)20-35-27(38)12-10-11-22-15-17-36(18-16-22)30(43)46-33(7,8)9/h13-14,19,22H,10-12,15-18,20-21H2,1-9H3,(H,35,38)(H,39,40)(H,41,42). The lowest BCUT2D eigenvalue weighted by Crippen LogP contribution is -2.63. The zero-order chi connectivity index (χ0) is 35.1. The minimum absolute atomic E-state index is 0.0222. The van der Waals surface area contributed by atoms with Gasteiger partial charge in [0.05, 0.1) is 6.54 Å². The summed E-state index contributed by atoms with van der Waals surface area (Å²) in [6.07, 6.45) is 3.09. The number of nitrogens with zero attached hydrogens (tertiary/aromatic N) is 1. The van der Waals surface area contributed by atoms with Gasteiger partial charge in [0.15, 0.2) is 23.9 Å². The van der Waals surface area contributed by atoms with Crippen molar-refractivity contribution < 1.29 is 48.4 Å². The number of Topliss-reactive ketones (excluding diaryl/α,β-unsaturated/α-hetero) is 1. The number of carbonyl (C=O) groups excluding carboxylic acids is 3. The van der Waals surface area contributed by atoms with Crippen LogP contribution in [0.25, 0.3) is 0 Å². The molecule has 12 nitrogen and oxygen atoms in total. The Labute approximate surface area is 272 Å². The van der Waals surface area contributed by atoms with Crippen molar-refractivity contribution in [3.63, 3.8) is 0 Å². The minimum Gasteiger partial charge on any atom is -0.479 e. The van der Waals surface area contributed by atoms with Crippen LogP contribution in [0.15, 0.2) is 18.2 Å². The predicted octanol–water partition coefficient (Wildman–Crippen LogP) is 5.56. The molecule has 46 heavy (non-hydrogen) atoms. The summed E-state index contributed by atoms with van der Waals surface area (Å²) in [5.41, 5.74) is -3.97. The van der Waals surface area contributed by atoms with E-state index in [0.29, 0.717) is 25.4 Å². The van der Waals surface area contributed by atoms with Gasteiger partial charge in [0.25, 0.3) is 0 Å². The highest BCUT2D eigenvalue weighted by Crippen LogP contribution is 2.49. The molecule has 0 atom stereocenters. The lowest BCUT2D eigenvalue weighted by molar-refractivity contribution is -0.184. The molecule has 2 rings (SSSR count). The van der Waals surface area contributed by atoms with Gasteiger partial charge in [-0.05, 0) is 70.6 Å². The highest BCUT2D eigenvalue weighted by atomic mass is 16.6. The number of likely N-dealkylation sites (tertiary alicyclic amines) is 1. The molecule has 0 aromatic heterocycles. The van der Waals surface area contributed by atoms with Crippen LogP contribution in [0.5, 0.6) is 11.5 Å². The number of ketones is 1. The van der Waals surface area contributed by atoms with E-state index in [-0.39, 0.29) is 42.0 Å². The van der Waals surface area contributed by atoms with Crippen LogP contribution in [-0.2, 0) is 19.1 Å². The van der Waals surface area contributed by atoms with E-state index < -0.39 is 46.4 Å². The Hall–Kier alpha value is -3.83. The average molecular weight is 649 g/mol. The van der Waals surface area contributed by atoms with Crippen molar-refractivity contribution in [2.45, 2.75) is 106 Å². The van der Waals surface area contributed by atoms with E-state index in [1.807, 2.05) is 20.8 Å². The van der Waals surface area contributed by atoms with Crippen LogP contribution in [0.2, 0.25) is 0 Å². The van der Waals surface area contributed by atoms with Crippen LogP contribution in [0.3, 0.4) is 0 Å². The van der Waals surface area contributed by atoms with Crippen molar-refractivity contribution in [2.24, 2.45) is 16.7 Å². The lowest BCUT2D eigenvalue weighted by Gasteiger charge is -2.49. The molecule has 1 aromatic carbocycles. The Morgan fingerprint density at radius 3 is 1.98 bits per heavy atom. The Balaban J connectivity index is 2.01. The Bertz CT molecular complexity index is 1250. The highest BCUT2D eigenvalue weighted by molar-refractivity contribution is 6.00. The maximum Gasteiger partial charge on any atom is 0.410 e. The number of benzene rings is 1. The third-order valence-corrected chi connectivity index (χ3v) is 8.02. The number of amides is 2. The van der Waals surface area contributed by atoms with E-state index in [4.69, 9.17) is 14.2 Å². The summed E-state index contributed by atoms with van der Waals surface area (Å²) in [4.78, 5) is 63.4. The maximum atomic E-state index is 13.0. The van der Waals surface area contributed by atoms with E-state index in [0.717, 1.165) is 19.3 Å². The van der Waals surface area contributed by atoms with Gasteiger partial charge in [-0.1, -0.05) is 41.5 Å². The molecule has 1 fully saturated rings. The third kappa shape index (κ3) is 10.3. The van der Waals surface area contributed by atoms with E-state index in [9.17, 15) is 34.2 Å². The molecule has 12 heteroatoms. The van der Waals surface area contributed by atoms with Crippen molar-refractivity contribution in [1.29, 1.82) is 0 Å². The van der Waals surface area contributed by atoms with E-state index in [2.05, 4.69) is 5.32 Å². The first-order valence-corrected chi connectivity index (χ1v) is 15.8. The van der Waals surface area contributed by atoms with Gasteiger partial charge in [-0.25, -0.2) is 14.4 Å². The average Bonchev–Trinajstić information content (AvgIpc) is 2.91. The molecule has 1 saturated heterocycles. The van der Waals surface area contributed by atoms with Crippen molar-refractivity contribution >= 4 is 29.7 Å². The first-order valence-electron chi connectivity index (χ1n) is 15.8. The molecule has 258 valence electrons. The molecule has 2 amide bonds. The zero-order valence-corrected chi connectivity index (χ0v) is 28.8. The van der Waals surface area contributed by atoms with Crippen LogP contribution in [-0.4, -0.2) is 82.3 Å². The first kappa shape index (κ1) is 38.4. The molecule has 1 aromatic rings. The number of rotatable bonds is 13. The van der Waals surface area contributed by atoms with E-state index >= 15 is 0 Å². The van der Waals surface area contributed by atoms with Crippen molar-refractivity contribution in [2.75, 3.05) is 26.2 Å². The van der Waals surface area contributed by atoms with Gasteiger partial charge in [-0.2, -0.15) is 0 Å². The number of carboxylic acid groups (broad SMARTS) is 2. The van der Waals surface area contributed by atoms with Gasteiger partial charge in [-0.15, -0.1) is 0 Å². The second-order valence-corrected chi connectivity index (χ2v) is 14.9. The number of ether oxygens (including phenoxy) is 3. The molecule has 3 N–H and O–H groups in total. The second kappa shape index (κ2) is 15.2. The minimum atomic E-state index is -1.75. The number of aliphatic carboxylic acids is 2. The number of hydrogen-bond acceptors (Lipinski definition) is 8. The molecule has 1 aliphatic rings. The normalized spacial score (nSPS) is 14.8. The van der Waals surface area contributed by atoms with Crippen LogP contribution in [0, 0.1) is 16.7 Å². The summed E-state index contributed by atoms with van der Waals surface area (Å²) in [5, 5.41) is 22.2. The molecule has 1 aliphatic heterocycles. The SMILES string of the molecule is CC(C)(C)OC(=O)N1CCC(CCCC(=O)NCC(=O)c2ccc(OC(C(=O)O)(C(C)(C)C)C(C)(C)C)c(OCC(=O)O)c2)CC1. The lowest BCUT2D eigenvalue weighted by atomic mass is 9.62. The fraction of sp³-hybridized carbons (Fsp3) is 0.676.